The highest BCUT2D eigenvalue weighted by molar-refractivity contribution is 8.00. The number of nitrogen functional groups attached to an aromatic ring is 1. The second kappa shape index (κ2) is 14.6. The lowest BCUT2D eigenvalue weighted by molar-refractivity contribution is -0.160. The highest BCUT2D eigenvalue weighted by Gasteiger charge is 2.54. The van der Waals surface area contributed by atoms with Crippen molar-refractivity contribution in [3.8, 4) is 0 Å². The number of aromatic nitrogens is 1. The number of hydrogen-bond donors (Lipinski definition) is 2. The number of carbonyl (C=O) groups excluding carboxylic acids is 4. The molecule has 1 saturated heterocycles. The van der Waals surface area contributed by atoms with Gasteiger partial charge in [-0.3, -0.25) is 14.5 Å². The van der Waals surface area contributed by atoms with Gasteiger partial charge in [-0.1, -0.05) is 101 Å². The molecule has 0 radical (unpaired) electrons. The van der Waals surface area contributed by atoms with Gasteiger partial charge in [-0.05, 0) is 37.5 Å². The SMILES string of the molecule is C=CC1=C(C(=O)OC(c2ccccc2)c2ccccc2)N2C(=O)C(NC(=O)C(=NOCC(=O)OC(C)(C)C)c3nc(N)sc3Cl)[C@@H]2SC1. The number of amides is 2. The minimum Gasteiger partial charge on any atom is -0.457 e. The number of esters is 2. The summed E-state index contributed by atoms with van der Waals surface area (Å²) < 4.78 is 11.3. The Labute approximate surface area is 289 Å². The van der Waals surface area contributed by atoms with Crippen LogP contribution in [0.25, 0.3) is 0 Å². The number of rotatable bonds is 11. The Kier molecular flexibility index (Phi) is 10.6. The second-order valence-corrected chi connectivity index (χ2v) is 14.3. The lowest BCUT2D eigenvalue weighted by Crippen LogP contribution is -2.71. The molecule has 1 unspecified atom stereocenters. The van der Waals surface area contributed by atoms with Crippen molar-refractivity contribution in [2.75, 3.05) is 18.1 Å². The van der Waals surface area contributed by atoms with E-state index in [1.54, 1.807) is 20.8 Å². The Balaban J connectivity index is 1.35. The zero-order valence-electron chi connectivity index (χ0n) is 26.2. The number of allylic oxidation sites excluding steroid dienone is 1. The van der Waals surface area contributed by atoms with E-state index in [2.05, 4.69) is 22.0 Å². The summed E-state index contributed by atoms with van der Waals surface area (Å²) in [6, 6.07) is 17.5. The normalized spacial score (nSPS) is 17.7. The van der Waals surface area contributed by atoms with Gasteiger partial charge in [0.25, 0.3) is 11.8 Å². The van der Waals surface area contributed by atoms with Gasteiger partial charge in [0.15, 0.2) is 16.9 Å². The topological polar surface area (TPSA) is 163 Å². The molecule has 15 heteroatoms. The fourth-order valence-corrected chi connectivity index (χ4v) is 7.19. The van der Waals surface area contributed by atoms with Crippen LogP contribution in [-0.4, -0.2) is 68.7 Å². The number of fused-ring (bicyclic) bond motifs is 1. The number of halogens is 1. The molecular weight excluding hydrogens is 678 g/mol. The van der Waals surface area contributed by atoms with Gasteiger partial charge in [-0.15, -0.1) is 11.8 Å². The molecule has 0 spiro atoms. The Hall–Kier alpha value is -4.66. The van der Waals surface area contributed by atoms with Gasteiger partial charge < -0.3 is 25.4 Å². The summed E-state index contributed by atoms with van der Waals surface area (Å²) in [4.78, 5) is 63.7. The molecule has 1 fully saturated rings. The average molecular weight is 710 g/mol. The van der Waals surface area contributed by atoms with Crippen LogP contribution in [0, 0.1) is 0 Å². The third-order valence-electron chi connectivity index (χ3n) is 6.95. The van der Waals surface area contributed by atoms with E-state index in [4.69, 9.17) is 31.6 Å². The monoisotopic (exact) mass is 709 g/mol. The number of nitrogens with zero attached hydrogens (tertiary/aromatic N) is 3. The predicted molar refractivity (Wildman–Crippen MR) is 183 cm³/mol. The first kappa shape index (κ1) is 34.7. The van der Waals surface area contributed by atoms with Gasteiger partial charge in [0, 0.05) is 5.75 Å². The van der Waals surface area contributed by atoms with E-state index in [9.17, 15) is 19.2 Å². The van der Waals surface area contributed by atoms with Crippen LogP contribution >= 0.6 is 34.7 Å². The molecule has 1 aromatic heterocycles. The third-order valence-corrected chi connectivity index (χ3v) is 9.34. The molecule has 3 heterocycles. The number of benzene rings is 2. The molecule has 250 valence electrons. The number of hydrogen-bond acceptors (Lipinski definition) is 12. The van der Waals surface area contributed by atoms with Crippen LogP contribution in [0.15, 0.2) is 89.7 Å². The van der Waals surface area contributed by atoms with Crippen molar-refractivity contribution in [2.45, 2.75) is 43.9 Å². The highest BCUT2D eigenvalue weighted by Crippen LogP contribution is 2.42. The molecule has 5 rings (SSSR count). The van der Waals surface area contributed by atoms with Crippen molar-refractivity contribution in [1.29, 1.82) is 0 Å². The molecule has 2 amide bonds. The second-order valence-electron chi connectivity index (χ2n) is 11.5. The number of β-lactam (4-membered cyclic amide) rings is 1. The summed E-state index contributed by atoms with van der Waals surface area (Å²) in [5.74, 6) is -2.52. The van der Waals surface area contributed by atoms with E-state index in [1.807, 2.05) is 60.7 Å². The summed E-state index contributed by atoms with van der Waals surface area (Å²) in [5, 5.41) is 5.87. The quantitative estimate of drug-likeness (QED) is 0.124. The molecule has 2 aromatic carbocycles. The van der Waals surface area contributed by atoms with Gasteiger partial charge >= 0.3 is 11.9 Å². The molecule has 3 N–H and O–H groups in total. The molecule has 0 aliphatic carbocycles. The van der Waals surface area contributed by atoms with E-state index in [0.717, 1.165) is 22.5 Å². The van der Waals surface area contributed by atoms with E-state index in [0.29, 0.717) is 11.3 Å². The summed E-state index contributed by atoms with van der Waals surface area (Å²) >= 11 is 8.52. The first-order valence-electron chi connectivity index (χ1n) is 14.6. The minimum absolute atomic E-state index is 0.0471. The summed E-state index contributed by atoms with van der Waals surface area (Å²) in [6.07, 6.45) is 0.772. The van der Waals surface area contributed by atoms with E-state index in [-0.39, 0.29) is 20.9 Å². The van der Waals surface area contributed by atoms with Crippen LogP contribution in [0.1, 0.15) is 43.7 Å². The zero-order chi connectivity index (χ0) is 34.6. The lowest BCUT2D eigenvalue weighted by atomic mass is 10.0. The van der Waals surface area contributed by atoms with E-state index >= 15 is 0 Å². The molecule has 2 aliphatic rings. The Morgan fingerprint density at radius 3 is 2.31 bits per heavy atom. The molecule has 3 aromatic rings. The van der Waals surface area contributed by atoms with E-state index in [1.165, 1.54) is 22.7 Å². The molecule has 2 aliphatic heterocycles. The summed E-state index contributed by atoms with van der Waals surface area (Å²) in [6.45, 7) is 8.31. The van der Waals surface area contributed by atoms with Crippen molar-refractivity contribution >= 4 is 69.3 Å². The van der Waals surface area contributed by atoms with E-state index < -0.39 is 59.2 Å². The number of nitrogens with one attached hydrogen (secondary N) is 1. The van der Waals surface area contributed by atoms with Crippen LogP contribution in [0.3, 0.4) is 0 Å². The first-order valence-corrected chi connectivity index (χ1v) is 16.9. The predicted octanol–water partition coefficient (Wildman–Crippen LogP) is 4.61. The number of thiazole rings is 1. The maximum atomic E-state index is 13.9. The smallest absolute Gasteiger partial charge is 0.356 e. The number of nitrogens with two attached hydrogens (primary N) is 1. The van der Waals surface area contributed by atoms with Gasteiger partial charge in [-0.25, -0.2) is 14.6 Å². The molecule has 0 bridgehead atoms. The Bertz CT molecular complexity index is 1750. The van der Waals surface area contributed by atoms with Crippen LogP contribution < -0.4 is 11.1 Å². The van der Waals surface area contributed by atoms with Gasteiger partial charge in [-0.2, -0.15) is 0 Å². The zero-order valence-corrected chi connectivity index (χ0v) is 28.6. The third kappa shape index (κ3) is 7.72. The van der Waals surface area contributed by atoms with Crippen molar-refractivity contribution in [3.05, 3.63) is 106 Å². The maximum absolute atomic E-state index is 13.9. The highest BCUT2D eigenvalue weighted by atomic mass is 35.5. The van der Waals surface area contributed by atoms with Gasteiger partial charge in [0.1, 0.15) is 32.7 Å². The van der Waals surface area contributed by atoms with Crippen molar-refractivity contribution in [3.63, 3.8) is 0 Å². The van der Waals surface area contributed by atoms with Crippen LogP contribution in [0.4, 0.5) is 5.13 Å². The fraction of sp³-hybridized carbons (Fsp3) is 0.273. The van der Waals surface area contributed by atoms with Crippen LogP contribution in [-0.2, 0) is 33.5 Å². The molecule has 2 atom stereocenters. The van der Waals surface area contributed by atoms with Gasteiger partial charge in [0.05, 0.1) is 0 Å². The standard InChI is InChI=1S/C33H32ClN5O7S2/c1-5-18-17-47-30-24(36-28(41)23(22-27(34)48-32(35)37-22)38-44-16-21(40)46-33(2,3)4)29(42)39(30)25(18)31(43)45-26(19-12-8-6-9-13-19)20-14-10-7-11-15-20/h5-15,24,26,30H,1,16-17H2,2-4H3,(H2,35,37)(H,36,41)/t24?,30-/m0/s1. The number of carbonyl (C=O) groups is 4. The summed E-state index contributed by atoms with van der Waals surface area (Å²) in [5.41, 5.74) is 6.60. The van der Waals surface area contributed by atoms with Crippen molar-refractivity contribution in [1.82, 2.24) is 15.2 Å². The van der Waals surface area contributed by atoms with Crippen LogP contribution in [0.5, 0.6) is 0 Å². The number of thioether (sulfide) groups is 1. The first-order chi connectivity index (χ1) is 22.9. The van der Waals surface area contributed by atoms with Gasteiger partial charge in [0.2, 0.25) is 6.61 Å². The Morgan fingerprint density at radius 2 is 1.77 bits per heavy atom. The minimum atomic E-state index is -1.05. The number of anilines is 1. The molecular formula is C33H32ClN5O7S2. The molecule has 48 heavy (non-hydrogen) atoms. The summed E-state index contributed by atoms with van der Waals surface area (Å²) in [7, 11) is 0. The average Bonchev–Trinajstić information content (AvgIpc) is 3.40. The molecule has 0 saturated carbocycles. The number of oxime groups is 1. The van der Waals surface area contributed by atoms with Crippen LogP contribution in [0.2, 0.25) is 4.34 Å². The largest absolute Gasteiger partial charge is 0.457 e. The fourth-order valence-electron chi connectivity index (χ4n) is 4.92. The molecule has 12 nitrogen and oxygen atoms in total. The maximum Gasteiger partial charge on any atom is 0.356 e. The van der Waals surface area contributed by atoms with Crippen molar-refractivity contribution < 1.29 is 33.5 Å². The van der Waals surface area contributed by atoms with Crippen molar-refractivity contribution in [2.24, 2.45) is 5.16 Å². The number of ether oxygens (including phenoxy) is 2. The lowest BCUT2D eigenvalue weighted by Gasteiger charge is -2.49. The Morgan fingerprint density at radius 1 is 1.15 bits per heavy atom.